The number of hydrogen-bond donors (Lipinski definition) is 2. The zero-order valence-corrected chi connectivity index (χ0v) is 10.3. The van der Waals surface area contributed by atoms with E-state index in [4.69, 9.17) is 5.11 Å². The van der Waals surface area contributed by atoms with Crippen LogP contribution < -0.4 is 5.32 Å². The van der Waals surface area contributed by atoms with Crippen molar-refractivity contribution in [2.45, 2.75) is 26.3 Å². The van der Waals surface area contributed by atoms with E-state index in [0.717, 1.165) is 0 Å². The normalized spacial score (nSPS) is 11.9. The lowest BCUT2D eigenvalue weighted by Gasteiger charge is -2.14. The van der Waals surface area contributed by atoms with E-state index in [0.29, 0.717) is 12.0 Å². The molecule has 2 N–H and O–H groups in total. The number of aliphatic hydroxyl groups is 1. The first-order chi connectivity index (χ1) is 8.51. The zero-order chi connectivity index (χ0) is 13.7. The molecule has 0 saturated heterocycles. The number of rotatable bonds is 5. The van der Waals surface area contributed by atoms with E-state index >= 15 is 0 Å². The van der Waals surface area contributed by atoms with Crippen LogP contribution in [-0.2, 0) is 0 Å². The maximum Gasteiger partial charge on any atom is 0.285 e. The Morgan fingerprint density at radius 1 is 1.56 bits per heavy atom. The molecular formula is C12H16N2O4. The highest BCUT2D eigenvalue weighted by Gasteiger charge is 2.23. The van der Waals surface area contributed by atoms with Gasteiger partial charge in [-0.3, -0.25) is 14.9 Å². The summed E-state index contributed by atoms with van der Waals surface area (Å²) in [5.74, 6) is -0.536. The van der Waals surface area contributed by atoms with E-state index in [1.807, 2.05) is 6.92 Å². The predicted octanol–water partition coefficient (Wildman–Crippen LogP) is 1.40. The Morgan fingerprint density at radius 3 is 2.72 bits per heavy atom. The Hall–Kier alpha value is -1.95. The van der Waals surface area contributed by atoms with E-state index in [-0.39, 0.29) is 17.9 Å². The third-order valence-corrected chi connectivity index (χ3v) is 2.71. The molecule has 0 saturated carbocycles. The van der Waals surface area contributed by atoms with Crippen molar-refractivity contribution in [3.05, 3.63) is 39.4 Å². The molecule has 0 aliphatic heterocycles. The number of amides is 1. The number of nitro benzene ring substituents is 1. The monoisotopic (exact) mass is 252 g/mol. The number of carbonyl (C=O) groups is 1. The van der Waals surface area contributed by atoms with Crippen LogP contribution in [0.25, 0.3) is 0 Å². The molecule has 0 spiro atoms. The van der Waals surface area contributed by atoms with Crippen LogP contribution >= 0.6 is 0 Å². The molecule has 1 aromatic carbocycles. The van der Waals surface area contributed by atoms with Crippen molar-refractivity contribution in [1.82, 2.24) is 5.32 Å². The van der Waals surface area contributed by atoms with E-state index in [1.54, 1.807) is 19.1 Å². The summed E-state index contributed by atoms with van der Waals surface area (Å²) in [7, 11) is 0. The highest BCUT2D eigenvalue weighted by atomic mass is 16.6. The molecule has 0 radical (unpaired) electrons. The van der Waals surface area contributed by atoms with Crippen LogP contribution in [0.3, 0.4) is 0 Å². The molecule has 0 fully saturated rings. The fourth-order valence-electron chi connectivity index (χ4n) is 1.62. The number of aliphatic hydroxyl groups excluding tert-OH is 1. The quantitative estimate of drug-likeness (QED) is 0.612. The molecule has 1 amide bonds. The third-order valence-electron chi connectivity index (χ3n) is 2.71. The van der Waals surface area contributed by atoms with Crippen LogP contribution in [0.15, 0.2) is 18.2 Å². The molecule has 1 atom stereocenters. The Morgan fingerprint density at radius 2 is 2.22 bits per heavy atom. The van der Waals surface area contributed by atoms with Gasteiger partial charge >= 0.3 is 0 Å². The first-order valence-electron chi connectivity index (χ1n) is 5.67. The Labute approximate surface area is 105 Å². The van der Waals surface area contributed by atoms with Gasteiger partial charge in [-0.1, -0.05) is 19.1 Å². The second-order valence-electron chi connectivity index (χ2n) is 3.99. The number of aryl methyl sites for hydroxylation is 1. The summed E-state index contributed by atoms with van der Waals surface area (Å²) in [4.78, 5) is 22.3. The van der Waals surface area contributed by atoms with E-state index in [2.05, 4.69) is 5.32 Å². The number of nitrogens with zero attached hydrogens (tertiary/aromatic N) is 1. The number of hydrogen-bond acceptors (Lipinski definition) is 4. The average molecular weight is 252 g/mol. The third kappa shape index (κ3) is 3.04. The lowest BCUT2D eigenvalue weighted by Crippen LogP contribution is -2.37. The summed E-state index contributed by atoms with van der Waals surface area (Å²) >= 11 is 0. The molecule has 0 heterocycles. The van der Waals surface area contributed by atoms with Crippen molar-refractivity contribution in [2.75, 3.05) is 6.61 Å². The van der Waals surface area contributed by atoms with Gasteiger partial charge in [-0.15, -0.1) is 0 Å². The fourth-order valence-corrected chi connectivity index (χ4v) is 1.62. The van der Waals surface area contributed by atoms with Crippen molar-refractivity contribution in [3.8, 4) is 0 Å². The van der Waals surface area contributed by atoms with Gasteiger partial charge in [0.15, 0.2) is 0 Å². The molecule has 6 heteroatoms. The molecule has 0 unspecified atom stereocenters. The molecule has 0 aromatic heterocycles. The topological polar surface area (TPSA) is 92.5 Å². The minimum absolute atomic E-state index is 0.0203. The summed E-state index contributed by atoms with van der Waals surface area (Å²) in [5, 5.41) is 22.5. The van der Waals surface area contributed by atoms with E-state index in [1.165, 1.54) is 6.07 Å². The highest BCUT2D eigenvalue weighted by molar-refractivity contribution is 5.98. The minimum Gasteiger partial charge on any atom is -0.394 e. The summed E-state index contributed by atoms with van der Waals surface area (Å²) in [6.07, 6.45) is 0.557. The summed E-state index contributed by atoms with van der Waals surface area (Å²) in [6, 6.07) is 4.19. The molecule has 0 bridgehead atoms. The fraction of sp³-hybridized carbons (Fsp3) is 0.417. The van der Waals surface area contributed by atoms with Crippen molar-refractivity contribution in [1.29, 1.82) is 0 Å². The van der Waals surface area contributed by atoms with Crippen molar-refractivity contribution >= 4 is 11.6 Å². The second kappa shape index (κ2) is 6.11. The van der Waals surface area contributed by atoms with Gasteiger partial charge in [0.2, 0.25) is 0 Å². The van der Waals surface area contributed by atoms with Gasteiger partial charge in [0.05, 0.1) is 17.6 Å². The van der Waals surface area contributed by atoms with Crippen molar-refractivity contribution < 1.29 is 14.8 Å². The van der Waals surface area contributed by atoms with Crippen molar-refractivity contribution in [2.24, 2.45) is 0 Å². The van der Waals surface area contributed by atoms with Crippen molar-refractivity contribution in [3.63, 3.8) is 0 Å². The van der Waals surface area contributed by atoms with E-state index < -0.39 is 16.9 Å². The van der Waals surface area contributed by atoms with Crippen LogP contribution in [0.1, 0.15) is 29.3 Å². The van der Waals surface area contributed by atoms with Gasteiger partial charge in [0.1, 0.15) is 5.56 Å². The summed E-state index contributed by atoms with van der Waals surface area (Å²) < 4.78 is 0. The van der Waals surface area contributed by atoms with Gasteiger partial charge in [-0.25, -0.2) is 0 Å². The standard InChI is InChI=1S/C12H16N2O4/c1-3-9(7-15)13-12(16)10-6-4-5-8(2)11(10)14(17)18/h4-6,9,15H,3,7H2,1-2H3,(H,13,16)/t9-/m0/s1. The molecule has 6 nitrogen and oxygen atoms in total. The number of nitrogens with one attached hydrogen (secondary N) is 1. The Bertz CT molecular complexity index is 455. The van der Waals surface area contributed by atoms with Gasteiger partial charge < -0.3 is 10.4 Å². The maximum atomic E-state index is 11.9. The summed E-state index contributed by atoms with van der Waals surface area (Å²) in [6.45, 7) is 3.20. The van der Waals surface area contributed by atoms with Crippen LogP contribution in [0, 0.1) is 17.0 Å². The van der Waals surface area contributed by atoms with Crippen LogP contribution in [0.4, 0.5) is 5.69 Å². The van der Waals surface area contributed by atoms with Gasteiger partial charge in [-0.2, -0.15) is 0 Å². The zero-order valence-electron chi connectivity index (χ0n) is 10.3. The average Bonchev–Trinajstić information content (AvgIpc) is 2.34. The molecule has 98 valence electrons. The number of carbonyl (C=O) groups excluding carboxylic acids is 1. The first kappa shape index (κ1) is 14.1. The number of para-hydroxylation sites is 1. The van der Waals surface area contributed by atoms with Gasteiger partial charge in [-0.05, 0) is 19.4 Å². The minimum atomic E-state index is -0.565. The predicted molar refractivity (Wildman–Crippen MR) is 66.5 cm³/mol. The molecule has 0 aliphatic carbocycles. The van der Waals surface area contributed by atoms with Crippen LogP contribution in [0.2, 0.25) is 0 Å². The Balaban J connectivity index is 3.06. The lowest BCUT2D eigenvalue weighted by atomic mass is 10.1. The SMILES string of the molecule is CC[C@@H](CO)NC(=O)c1cccc(C)c1[N+](=O)[O-]. The lowest BCUT2D eigenvalue weighted by molar-refractivity contribution is -0.385. The molecule has 18 heavy (non-hydrogen) atoms. The van der Waals surface area contributed by atoms with Gasteiger partial charge in [0, 0.05) is 5.56 Å². The molecule has 1 rings (SSSR count). The molecule has 1 aromatic rings. The smallest absolute Gasteiger partial charge is 0.285 e. The maximum absolute atomic E-state index is 11.9. The first-order valence-corrected chi connectivity index (χ1v) is 5.67. The van der Waals surface area contributed by atoms with Crippen LogP contribution in [0.5, 0.6) is 0 Å². The van der Waals surface area contributed by atoms with Gasteiger partial charge in [0.25, 0.3) is 11.6 Å². The number of benzene rings is 1. The summed E-state index contributed by atoms with van der Waals surface area (Å²) in [5.41, 5.74) is 0.263. The number of nitro groups is 1. The van der Waals surface area contributed by atoms with E-state index in [9.17, 15) is 14.9 Å². The largest absolute Gasteiger partial charge is 0.394 e. The Kier molecular flexibility index (Phi) is 4.79. The highest BCUT2D eigenvalue weighted by Crippen LogP contribution is 2.22. The second-order valence-corrected chi connectivity index (χ2v) is 3.99. The molecular weight excluding hydrogens is 236 g/mol. The molecule has 0 aliphatic rings. The van der Waals surface area contributed by atoms with Crippen LogP contribution in [-0.4, -0.2) is 28.6 Å².